The lowest BCUT2D eigenvalue weighted by molar-refractivity contribution is 0.494. The summed E-state index contributed by atoms with van der Waals surface area (Å²) in [5.74, 6) is 1.11. The SMILES string of the molecule is c1ccc2oc(C[C@H]3CCCN3)cc2c1. The third-order valence-corrected chi connectivity index (χ3v) is 3.09. The van der Waals surface area contributed by atoms with E-state index in [4.69, 9.17) is 4.42 Å². The van der Waals surface area contributed by atoms with Crippen molar-refractivity contribution in [3.63, 3.8) is 0 Å². The maximum Gasteiger partial charge on any atom is 0.134 e. The van der Waals surface area contributed by atoms with E-state index < -0.39 is 0 Å². The molecule has 1 aliphatic rings. The minimum absolute atomic E-state index is 0.616. The van der Waals surface area contributed by atoms with Gasteiger partial charge >= 0.3 is 0 Å². The van der Waals surface area contributed by atoms with E-state index in [1.165, 1.54) is 18.2 Å². The summed E-state index contributed by atoms with van der Waals surface area (Å²) >= 11 is 0. The second kappa shape index (κ2) is 3.70. The predicted octanol–water partition coefficient (Wildman–Crippen LogP) is 2.73. The summed E-state index contributed by atoms with van der Waals surface area (Å²) in [6, 6.07) is 11.0. The van der Waals surface area contributed by atoms with E-state index in [1.807, 2.05) is 12.1 Å². The van der Waals surface area contributed by atoms with Crippen LogP contribution in [0.25, 0.3) is 11.0 Å². The first-order valence-electron chi connectivity index (χ1n) is 5.63. The zero-order valence-electron chi connectivity index (χ0n) is 8.70. The zero-order valence-corrected chi connectivity index (χ0v) is 8.70. The molecule has 0 unspecified atom stereocenters. The molecule has 0 saturated carbocycles. The minimum atomic E-state index is 0.616. The lowest BCUT2D eigenvalue weighted by Gasteiger charge is -2.06. The number of fused-ring (bicyclic) bond motifs is 1. The van der Waals surface area contributed by atoms with E-state index in [-0.39, 0.29) is 0 Å². The number of rotatable bonds is 2. The van der Waals surface area contributed by atoms with Crippen LogP contribution in [0.1, 0.15) is 18.6 Å². The maximum absolute atomic E-state index is 5.79. The van der Waals surface area contributed by atoms with Crippen LogP contribution in [-0.4, -0.2) is 12.6 Å². The van der Waals surface area contributed by atoms with Gasteiger partial charge in [-0.2, -0.15) is 0 Å². The summed E-state index contributed by atoms with van der Waals surface area (Å²) < 4.78 is 5.79. The van der Waals surface area contributed by atoms with Gasteiger partial charge in [0.05, 0.1) is 0 Å². The quantitative estimate of drug-likeness (QED) is 0.808. The molecule has 1 fully saturated rings. The Morgan fingerprint density at radius 2 is 2.27 bits per heavy atom. The van der Waals surface area contributed by atoms with Crippen molar-refractivity contribution in [2.75, 3.05) is 6.54 Å². The fraction of sp³-hybridized carbons (Fsp3) is 0.385. The first-order valence-corrected chi connectivity index (χ1v) is 5.63. The van der Waals surface area contributed by atoms with E-state index in [9.17, 15) is 0 Å². The standard InChI is InChI=1S/C13H15NO/c1-2-6-13-10(4-1)8-12(15-13)9-11-5-3-7-14-11/h1-2,4,6,8,11,14H,3,5,7,9H2/t11-/m1/s1. The van der Waals surface area contributed by atoms with E-state index in [2.05, 4.69) is 23.5 Å². The van der Waals surface area contributed by atoms with Crippen molar-refractivity contribution in [1.82, 2.24) is 5.32 Å². The van der Waals surface area contributed by atoms with E-state index in [1.54, 1.807) is 0 Å². The first kappa shape index (κ1) is 8.98. The maximum atomic E-state index is 5.79. The second-order valence-electron chi connectivity index (χ2n) is 4.25. The summed E-state index contributed by atoms with van der Waals surface area (Å²) in [5, 5.41) is 4.70. The number of furan rings is 1. The average molecular weight is 201 g/mol. The van der Waals surface area contributed by atoms with Gasteiger partial charge in [-0.1, -0.05) is 18.2 Å². The molecule has 1 saturated heterocycles. The zero-order chi connectivity index (χ0) is 10.1. The van der Waals surface area contributed by atoms with Gasteiger partial charge < -0.3 is 9.73 Å². The Kier molecular flexibility index (Phi) is 2.22. The largest absolute Gasteiger partial charge is 0.461 e. The van der Waals surface area contributed by atoms with Gasteiger partial charge in [0.2, 0.25) is 0 Å². The van der Waals surface area contributed by atoms with E-state index in [0.29, 0.717) is 6.04 Å². The molecular weight excluding hydrogens is 186 g/mol. The van der Waals surface area contributed by atoms with Crippen molar-refractivity contribution in [2.24, 2.45) is 0 Å². The number of para-hydroxylation sites is 1. The molecule has 78 valence electrons. The van der Waals surface area contributed by atoms with Gasteiger partial charge in [-0.15, -0.1) is 0 Å². The molecule has 0 amide bonds. The molecule has 1 atom stereocenters. The van der Waals surface area contributed by atoms with Crippen LogP contribution in [-0.2, 0) is 6.42 Å². The van der Waals surface area contributed by atoms with Gasteiger partial charge in [0.15, 0.2) is 0 Å². The average Bonchev–Trinajstić information content (AvgIpc) is 2.86. The summed E-state index contributed by atoms with van der Waals surface area (Å²) in [5.41, 5.74) is 1.01. The van der Waals surface area contributed by atoms with Gasteiger partial charge in [0, 0.05) is 17.8 Å². The Morgan fingerprint density at radius 1 is 1.33 bits per heavy atom. The summed E-state index contributed by atoms with van der Waals surface area (Å²) in [4.78, 5) is 0. The van der Waals surface area contributed by atoms with E-state index >= 15 is 0 Å². The lowest BCUT2D eigenvalue weighted by atomic mass is 10.1. The Bertz CT molecular complexity index is 421. The molecule has 2 heterocycles. The number of nitrogens with one attached hydrogen (secondary N) is 1. The molecule has 2 heteroatoms. The lowest BCUT2D eigenvalue weighted by Crippen LogP contribution is -2.23. The van der Waals surface area contributed by atoms with Gasteiger partial charge in [-0.25, -0.2) is 0 Å². The van der Waals surface area contributed by atoms with Gasteiger partial charge in [-0.05, 0) is 31.5 Å². The third kappa shape index (κ3) is 1.77. The Balaban J connectivity index is 1.84. The molecule has 0 bridgehead atoms. The number of hydrogen-bond donors (Lipinski definition) is 1. The van der Waals surface area contributed by atoms with Crippen LogP contribution >= 0.6 is 0 Å². The van der Waals surface area contributed by atoms with Crippen molar-refractivity contribution < 1.29 is 4.42 Å². The summed E-state index contributed by atoms with van der Waals surface area (Å²) in [7, 11) is 0. The van der Waals surface area contributed by atoms with Crippen LogP contribution in [0, 0.1) is 0 Å². The Hall–Kier alpha value is -1.28. The normalized spacial score (nSPS) is 21.2. The highest BCUT2D eigenvalue weighted by molar-refractivity contribution is 5.77. The monoisotopic (exact) mass is 201 g/mol. The van der Waals surface area contributed by atoms with Crippen molar-refractivity contribution >= 4 is 11.0 Å². The van der Waals surface area contributed by atoms with E-state index in [0.717, 1.165) is 24.3 Å². The molecule has 1 aromatic heterocycles. The third-order valence-electron chi connectivity index (χ3n) is 3.09. The molecule has 0 radical (unpaired) electrons. The predicted molar refractivity (Wildman–Crippen MR) is 60.9 cm³/mol. The Morgan fingerprint density at radius 3 is 3.07 bits per heavy atom. The number of hydrogen-bond acceptors (Lipinski definition) is 2. The van der Waals surface area contributed by atoms with Gasteiger partial charge in [-0.3, -0.25) is 0 Å². The molecule has 0 aliphatic carbocycles. The van der Waals surface area contributed by atoms with Crippen LogP contribution in [0.5, 0.6) is 0 Å². The molecule has 1 aromatic carbocycles. The second-order valence-corrected chi connectivity index (χ2v) is 4.25. The van der Waals surface area contributed by atoms with Crippen LogP contribution in [0.3, 0.4) is 0 Å². The minimum Gasteiger partial charge on any atom is -0.461 e. The first-order chi connectivity index (χ1) is 7.42. The molecule has 2 aromatic rings. The van der Waals surface area contributed by atoms with Crippen molar-refractivity contribution in [3.8, 4) is 0 Å². The van der Waals surface area contributed by atoms with Gasteiger partial charge in [0.25, 0.3) is 0 Å². The molecule has 2 nitrogen and oxygen atoms in total. The van der Waals surface area contributed by atoms with Crippen LogP contribution < -0.4 is 5.32 Å². The topological polar surface area (TPSA) is 25.2 Å². The highest BCUT2D eigenvalue weighted by Gasteiger charge is 2.16. The molecular formula is C13H15NO. The summed E-state index contributed by atoms with van der Waals surface area (Å²) in [6.07, 6.45) is 3.59. The smallest absolute Gasteiger partial charge is 0.134 e. The molecule has 3 rings (SSSR count). The van der Waals surface area contributed by atoms with Crippen molar-refractivity contribution in [1.29, 1.82) is 0 Å². The summed E-state index contributed by atoms with van der Waals surface area (Å²) in [6.45, 7) is 1.16. The molecule has 1 N–H and O–H groups in total. The molecule has 15 heavy (non-hydrogen) atoms. The van der Waals surface area contributed by atoms with Gasteiger partial charge in [0.1, 0.15) is 11.3 Å². The fourth-order valence-electron chi connectivity index (χ4n) is 2.31. The molecule has 1 aliphatic heterocycles. The van der Waals surface area contributed by atoms with Crippen molar-refractivity contribution in [2.45, 2.75) is 25.3 Å². The molecule has 0 spiro atoms. The fourth-order valence-corrected chi connectivity index (χ4v) is 2.31. The highest BCUT2D eigenvalue weighted by Crippen LogP contribution is 2.21. The van der Waals surface area contributed by atoms with Crippen LogP contribution in [0.15, 0.2) is 34.7 Å². The highest BCUT2D eigenvalue weighted by atomic mass is 16.3. The Labute approximate surface area is 89.3 Å². The van der Waals surface area contributed by atoms with Crippen molar-refractivity contribution in [3.05, 3.63) is 36.1 Å². The number of benzene rings is 1. The van der Waals surface area contributed by atoms with Crippen LogP contribution in [0.2, 0.25) is 0 Å². The van der Waals surface area contributed by atoms with Crippen LogP contribution in [0.4, 0.5) is 0 Å².